The first-order chi connectivity index (χ1) is 16.2. The van der Waals surface area contributed by atoms with Crippen LogP contribution in [0.4, 0.5) is 0 Å². The largest absolute Gasteiger partial charge is 0.366 e. The molecule has 176 valence electrons. The molecule has 0 aromatic heterocycles. The van der Waals surface area contributed by atoms with Crippen LogP contribution in [0, 0.1) is 22.7 Å². The topological polar surface area (TPSA) is 56.8 Å². The maximum absolute atomic E-state index is 9.72. The smallest absolute Gasteiger partial charge is 0.0995 e. The molecule has 3 heteroatoms. The van der Waals surface area contributed by atoms with Crippen LogP contribution in [0.2, 0.25) is 0 Å². The van der Waals surface area contributed by atoms with Crippen molar-refractivity contribution in [3.63, 3.8) is 0 Å². The van der Waals surface area contributed by atoms with E-state index in [-0.39, 0.29) is 12.2 Å². The van der Waals surface area contributed by atoms with Crippen molar-refractivity contribution in [2.45, 2.75) is 103 Å². The summed E-state index contributed by atoms with van der Waals surface area (Å²) < 4.78 is 6.82. The van der Waals surface area contributed by atoms with Gasteiger partial charge in [0.25, 0.3) is 0 Å². The fraction of sp³-hybridized carbons (Fsp3) is 0.533. The van der Waals surface area contributed by atoms with Gasteiger partial charge < -0.3 is 4.74 Å². The monoisotopic (exact) mass is 444 g/mol. The second kappa shape index (κ2) is 16.1. The summed E-state index contributed by atoms with van der Waals surface area (Å²) in [4.78, 5) is 0. The third-order valence-electron chi connectivity index (χ3n) is 6.32. The standard InChI is InChI=1S/C30H40N2O/c1-3-5-7-9-11-21-29(27-19-15-13-17-25(27)23-31)33-30(22-12-10-8-6-4-2)28-20-16-14-18-26(28)24-32/h13-20,29-30H,3-12,21-22H2,1-2H3. The van der Waals surface area contributed by atoms with Crippen molar-refractivity contribution in [1.29, 1.82) is 10.5 Å². The fourth-order valence-electron chi connectivity index (χ4n) is 4.42. The van der Waals surface area contributed by atoms with Gasteiger partial charge in [-0.1, -0.05) is 114 Å². The molecule has 0 bridgehead atoms. The first-order valence-electron chi connectivity index (χ1n) is 12.9. The van der Waals surface area contributed by atoms with Crippen LogP contribution in [0.15, 0.2) is 48.5 Å². The lowest BCUT2D eigenvalue weighted by Crippen LogP contribution is -2.13. The number of hydrogen-bond donors (Lipinski definition) is 0. The number of nitrogens with zero attached hydrogens (tertiary/aromatic N) is 2. The zero-order valence-corrected chi connectivity index (χ0v) is 20.6. The van der Waals surface area contributed by atoms with E-state index in [4.69, 9.17) is 4.74 Å². The van der Waals surface area contributed by atoms with Crippen molar-refractivity contribution in [3.8, 4) is 12.1 Å². The Hall–Kier alpha value is -2.62. The van der Waals surface area contributed by atoms with Crippen molar-refractivity contribution in [2.75, 3.05) is 0 Å². The number of nitriles is 2. The third-order valence-corrected chi connectivity index (χ3v) is 6.32. The SMILES string of the molecule is CCCCCCCC(OC(CCCCCCC)c1ccccc1C#N)c1ccccc1C#N. The van der Waals surface area contributed by atoms with Crippen LogP contribution in [0.5, 0.6) is 0 Å². The van der Waals surface area contributed by atoms with Crippen LogP contribution < -0.4 is 0 Å². The molecule has 0 saturated heterocycles. The summed E-state index contributed by atoms with van der Waals surface area (Å²) in [5, 5.41) is 19.4. The van der Waals surface area contributed by atoms with Gasteiger partial charge in [-0.2, -0.15) is 10.5 Å². The molecule has 0 aliphatic carbocycles. The van der Waals surface area contributed by atoms with Gasteiger partial charge in [0.1, 0.15) is 0 Å². The van der Waals surface area contributed by atoms with Crippen molar-refractivity contribution in [3.05, 3.63) is 70.8 Å². The minimum atomic E-state index is -0.144. The lowest BCUT2D eigenvalue weighted by molar-refractivity contribution is -0.0266. The molecule has 0 fully saturated rings. The van der Waals surface area contributed by atoms with Crippen LogP contribution in [0.3, 0.4) is 0 Å². The van der Waals surface area contributed by atoms with Crippen molar-refractivity contribution < 1.29 is 4.74 Å². The summed E-state index contributed by atoms with van der Waals surface area (Å²) in [7, 11) is 0. The summed E-state index contributed by atoms with van der Waals surface area (Å²) >= 11 is 0. The lowest BCUT2D eigenvalue weighted by atomic mass is 9.95. The Bertz CT molecular complexity index is 819. The molecular weight excluding hydrogens is 404 g/mol. The van der Waals surface area contributed by atoms with E-state index in [9.17, 15) is 10.5 Å². The van der Waals surface area contributed by atoms with Crippen LogP contribution in [0.1, 0.15) is 125 Å². The highest BCUT2D eigenvalue weighted by atomic mass is 16.5. The quantitative estimate of drug-likeness (QED) is 0.243. The molecule has 0 saturated carbocycles. The summed E-state index contributed by atoms with van der Waals surface area (Å²) in [5.74, 6) is 0. The van der Waals surface area contributed by atoms with E-state index in [1.54, 1.807) is 0 Å². The molecule has 2 aromatic rings. The molecule has 0 aliphatic rings. The Morgan fingerprint density at radius 3 is 1.39 bits per heavy atom. The van der Waals surface area contributed by atoms with Crippen LogP contribution in [-0.4, -0.2) is 0 Å². The van der Waals surface area contributed by atoms with E-state index < -0.39 is 0 Å². The van der Waals surface area contributed by atoms with Gasteiger partial charge in [0.15, 0.2) is 0 Å². The Morgan fingerprint density at radius 2 is 1.00 bits per heavy atom. The molecule has 0 heterocycles. The highest BCUT2D eigenvalue weighted by Gasteiger charge is 2.23. The molecule has 0 spiro atoms. The maximum Gasteiger partial charge on any atom is 0.0995 e. The van der Waals surface area contributed by atoms with Gasteiger partial charge in [-0.25, -0.2) is 0 Å². The average Bonchev–Trinajstić information content (AvgIpc) is 2.86. The Kier molecular flexibility index (Phi) is 13.0. The van der Waals surface area contributed by atoms with Gasteiger partial charge in [0.05, 0.1) is 35.5 Å². The molecule has 2 atom stereocenters. The molecule has 0 radical (unpaired) electrons. The third kappa shape index (κ3) is 9.03. The van der Waals surface area contributed by atoms with Gasteiger partial charge in [-0.05, 0) is 36.1 Å². The summed E-state index contributed by atoms with van der Waals surface area (Å²) in [6.45, 7) is 4.46. The van der Waals surface area contributed by atoms with E-state index >= 15 is 0 Å². The predicted molar refractivity (Wildman–Crippen MR) is 136 cm³/mol. The molecule has 33 heavy (non-hydrogen) atoms. The van der Waals surface area contributed by atoms with Crippen molar-refractivity contribution >= 4 is 0 Å². The second-order valence-electron chi connectivity index (χ2n) is 8.92. The van der Waals surface area contributed by atoms with E-state index in [0.717, 1.165) is 36.8 Å². The number of hydrogen-bond acceptors (Lipinski definition) is 3. The molecule has 2 rings (SSSR count). The van der Waals surface area contributed by atoms with Gasteiger partial charge in [-0.3, -0.25) is 0 Å². The minimum absolute atomic E-state index is 0.144. The number of rotatable bonds is 16. The molecule has 2 aromatic carbocycles. The van der Waals surface area contributed by atoms with Crippen LogP contribution in [-0.2, 0) is 4.74 Å². The summed E-state index contributed by atoms with van der Waals surface area (Å²) in [6, 6.07) is 20.3. The van der Waals surface area contributed by atoms with Gasteiger partial charge >= 0.3 is 0 Å². The highest BCUT2D eigenvalue weighted by Crippen LogP contribution is 2.36. The Morgan fingerprint density at radius 1 is 0.606 bits per heavy atom. The van der Waals surface area contributed by atoms with Gasteiger partial charge in [0.2, 0.25) is 0 Å². The number of ether oxygens (including phenoxy) is 1. The Labute approximate surface area is 201 Å². The van der Waals surface area contributed by atoms with Gasteiger partial charge in [-0.15, -0.1) is 0 Å². The maximum atomic E-state index is 9.72. The van der Waals surface area contributed by atoms with Crippen molar-refractivity contribution in [2.24, 2.45) is 0 Å². The first-order valence-corrected chi connectivity index (χ1v) is 12.9. The fourth-order valence-corrected chi connectivity index (χ4v) is 4.42. The zero-order valence-electron chi connectivity index (χ0n) is 20.6. The number of benzene rings is 2. The van der Waals surface area contributed by atoms with E-state index in [1.807, 2.05) is 48.5 Å². The summed E-state index contributed by atoms with van der Waals surface area (Å²) in [5.41, 5.74) is 3.32. The second-order valence-corrected chi connectivity index (χ2v) is 8.92. The summed E-state index contributed by atoms with van der Waals surface area (Å²) in [6.07, 6.45) is 13.5. The Balaban J connectivity index is 2.26. The molecule has 0 N–H and O–H groups in total. The minimum Gasteiger partial charge on any atom is -0.366 e. The first kappa shape index (κ1) is 26.6. The van der Waals surface area contributed by atoms with Crippen molar-refractivity contribution in [1.82, 2.24) is 0 Å². The zero-order chi connectivity index (χ0) is 23.7. The molecule has 3 nitrogen and oxygen atoms in total. The van der Waals surface area contributed by atoms with Crippen LogP contribution >= 0.6 is 0 Å². The predicted octanol–water partition coefficient (Wildman–Crippen LogP) is 8.95. The lowest BCUT2D eigenvalue weighted by Gasteiger charge is -2.27. The van der Waals surface area contributed by atoms with E-state index in [2.05, 4.69) is 26.0 Å². The normalized spacial score (nSPS) is 12.6. The van der Waals surface area contributed by atoms with E-state index in [0.29, 0.717) is 11.1 Å². The van der Waals surface area contributed by atoms with E-state index in [1.165, 1.54) is 51.4 Å². The molecule has 0 aliphatic heterocycles. The average molecular weight is 445 g/mol. The molecule has 0 amide bonds. The molecule has 2 unspecified atom stereocenters. The van der Waals surface area contributed by atoms with Crippen LogP contribution in [0.25, 0.3) is 0 Å². The highest BCUT2D eigenvalue weighted by molar-refractivity contribution is 5.40. The van der Waals surface area contributed by atoms with Gasteiger partial charge in [0, 0.05) is 0 Å². The number of unbranched alkanes of at least 4 members (excludes halogenated alkanes) is 8. The molecular formula is C30H40N2O.